The molecule has 1 N–H and O–H groups in total. The Morgan fingerprint density at radius 1 is 1.26 bits per heavy atom. The Balaban J connectivity index is 2.16. The number of anilines is 1. The van der Waals surface area contributed by atoms with E-state index in [1.807, 2.05) is 43.4 Å². The van der Waals surface area contributed by atoms with Crippen LogP contribution in [0.1, 0.15) is 11.1 Å². The van der Waals surface area contributed by atoms with E-state index in [0.29, 0.717) is 13.1 Å². The van der Waals surface area contributed by atoms with Crippen LogP contribution in [0.15, 0.2) is 42.7 Å². The predicted molar refractivity (Wildman–Crippen MR) is 75.5 cm³/mol. The van der Waals surface area contributed by atoms with Crippen molar-refractivity contribution in [1.82, 2.24) is 10.3 Å². The van der Waals surface area contributed by atoms with E-state index in [-0.39, 0.29) is 5.82 Å². The van der Waals surface area contributed by atoms with Gasteiger partial charge in [0.15, 0.2) is 0 Å². The van der Waals surface area contributed by atoms with Crippen molar-refractivity contribution in [3.8, 4) is 0 Å². The minimum Gasteiger partial charge on any atom is -0.370 e. The monoisotopic (exact) mass is 259 g/mol. The van der Waals surface area contributed by atoms with Crippen molar-refractivity contribution in [1.29, 1.82) is 0 Å². The Hall–Kier alpha value is -1.94. The number of rotatable bonds is 5. The van der Waals surface area contributed by atoms with Gasteiger partial charge in [-0.25, -0.2) is 4.39 Å². The summed E-state index contributed by atoms with van der Waals surface area (Å²) in [5.74, 6) is -0.208. The summed E-state index contributed by atoms with van der Waals surface area (Å²) >= 11 is 0. The molecule has 0 aliphatic heterocycles. The summed E-state index contributed by atoms with van der Waals surface area (Å²) in [6, 6.07) is 9.02. The molecule has 4 heteroatoms. The molecule has 0 atom stereocenters. The lowest BCUT2D eigenvalue weighted by atomic mass is 10.1. The molecule has 1 heterocycles. The maximum Gasteiger partial charge on any atom is 0.125 e. The second kappa shape index (κ2) is 6.29. The standard InChI is InChI=1S/C15H18FN3/c1-17-9-13-6-14(16)8-15(7-13)19(2)11-12-4-3-5-18-10-12/h3-8,10,17H,9,11H2,1-2H3. The van der Waals surface area contributed by atoms with E-state index in [1.165, 1.54) is 0 Å². The minimum atomic E-state index is -0.208. The zero-order valence-corrected chi connectivity index (χ0v) is 11.2. The first-order chi connectivity index (χ1) is 9.19. The van der Waals surface area contributed by atoms with Crippen LogP contribution in [0, 0.1) is 5.82 Å². The third-order valence-corrected chi connectivity index (χ3v) is 2.91. The van der Waals surface area contributed by atoms with Crippen LogP contribution in [0.4, 0.5) is 10.1 Å². The smallest absolute Gasteiger partial charge is 0.125 e. The van der Waals surface area contributed by atoms with Gasteiger partial charge in [0.1, 0.15) is 5.82 Å². The lowest BCUT2D eigenvalue weighted by Gasteiger charge is -2.20. The highest BCUT2D eigenvalue weighted by atomic mass is 19.1. The molecular weight excluding hydrogens is 241 g/mol. The lowest BCUT2D eigenvalue weighted by molar-refractivity contribution is 0.623. The van der Waals surface area contributed by atoms with Crippen molar-refractivity contribution < 1.29 is 4.39 Å². The maximum absolute atomic E-state index is 13.6. The Morgan fingerprint density at radius 2 is 2.11 bits per heavy atom. The number of benzene rings is 1. The molecule has 19 heavy (non-hydrogen) atoms. The number of halogens is 1. The van der Waals surface area contributed by atoms with E-state index in [2.05, 4.69) is 10.3 Å². The van der Waals surface area contributed by atoms with Crippen LogP contribution < -0.4 is 10.2 Å². The SMILES string of the molecule is CNCc1cc(F)cc(N(C)Cc2cccnc2)c1. The van der Waals surface area contributed by atoms with Gasteiger partial charge in [0.05, 0.1) is 0 Å². The van der Waals surface area contributed by atoms with Gasteiger partial charge < -0.3 is 10.2 Å². The third-order valence-electron chi connectivity index (χ3n) is 2.91. The number of pyridine rings is 1. The molecule has 0 spiro atoms. The number of nitrogens with zero attached hydrogens (tertiary/aromatic N) is 2. The highest BCUT2D eigenvalue weighted by molar-refractivity contribution is 5.48. The molecule has 1 aromatic heterocycles. The molecule has 2 rings (SSSR count). The molecule has 0 aliphatic carbocycles. The molecule has 0 radical (unpaired) electrons. The van der Waals surface area contributed by atoms with Gasteiger partial charge in [0.25, 0.3) is 0 Å². The van der Waals surface area contributed by atoms with Crippen molar-refractivity contribution >= 4 is 5.69 Å². The zero-order chi connectivity index (χ0) is 13.7. The fraction of sp³-hybridized carbons (Fsp3) is 0.267. The summed E-state index contributed by atoms with van der Waals surface area (Å²) in [5, 5.41) is 3.03. The molecule has 0 bridgehead atoms. The van der Waals surface area contributed by atoms with Gasteiger partial charge in [-0.2, -0.15) is 0 Å². The Kier molecular flexibility index (Phi) is 4.47. The molecule has 1 aromatic carbocycles. The second-order valence-electron chi connectivity index (χ2n) is 4.57. The number of hydrogen-bond donors (Lipinski definition) is 1. The number of hydrogen-bond acceptors (Lipinski definition) is 3. The van der Waals surface area contributed by atoms with Crippen LogP contribution in [0.5, 0.6) is 0 Å². The topological polar surface area (TPSA) is 28.2 Å². The first kappa shape index (κ1) is 13.5. The summed E-state index contributed by atoms with van der Waals surface area (Å²) in [4.78, 5) is 6.10. The molecule has 0 aliphatic rings. The van der Waals surface area contributed by atoms with E-state index in [9.17, 15) is 4.39 Å². The van der Waals surface area contributed by atoms with Crippen LogP contribution >= 0.6 is 0 Å². The van der Waals surface area contributed by atoms with Crippen LogP contribution in [0.2, 0.25) is 0 Å². The van der Waals surface area contributed by atoms with Crippen LogP contribution in [-0.2, 0) is 13.1 Å². The minimum absolute atomic E-state index is 0.208. The van der Waals surface area contributed by atoms with Crippen LogP contribution in [0.25, 0.3) is 0 Å². The van der Waals surface area contributed by atoms with E-state index >= 15 is 0 Å². The van der Waals surface area contributed by atoms with Gasteiger partial charge in [-0.1, -0.05) is 6.07 Å². The largest absolute Gasteiger partial charge is 0.370 e. The van der Waals surface area contributed by atoms with Crippen LogP contribution in [-0.4, -0.2) is 19.1 Å². The quantitative estimate of drug-likeness (QED) is 0.894. The second-order valence-corrected chi connectivity index (χ2v) is 4.57. The first-order valence-corrected chi connectivity index (χ1v) is 6.23. The number of aromatic nitrogens is 1. The van der Waals surface area contributed by atoms with E-state index in [1.54, 1.807) is 18.3 Å². The van der Waals surface area contributed by atoms with Gasteiger partial charge >= 0.3 is 0 Å². The average molecular weight is 259 g/mol. The molecule has 0 saturated carbocycles. The zero-order valence-electron chi connectivity index (χ0n) is 11.2. The van der Waals surface area contributed by atoms with Gasteiger partial charge in [0, 0.05) is 38.2 Å². The molecule has 0 unspecified atom stereocenters. The molecule has 100 valence electrons. The Bertz CT molecular complexity index is 528. The molecule has 3 nitrogen and oxygen atoms in total. The average Bonchev–Trinajstić information content (AvgIpc) is 2.39. The fourth-order valence-electron chi connectivity index (χ4n) is 2.02. The summed E-state index contributed by atoms with van der Waals surface area (Å²) in [7, 11) is 3.80. The Morgan fingerprint density at radius 3 is 2.79 bits per heavy atom. The lowest BCUT2D eigenvalue weighted by Crippen LogP contribution is -2.17. The van der Waals surface area contributed by atoms with Gasteiger partial charge in [-0.15, -0.1) is 0 Å². The third kappa shape index (κ3) is 3.76. The molecule has 0 saturated heterocycles. The van der Waals surface area contributed by atoms with Crippen molar-refractivity contribution in [3.05, 3.63) is 59.7 Å². The fourth-order valence-corrected chi connectivity index (χ4v) is 2.02. The van der Waals surface area contributed by atoms with Gasteiger partial charge in [-0.3, -0.25) is 4.98 Å². The first-order valence-electron chi connectivity index (χ1n) is 6.23. The van der Waals surface area contributed by atoms with Crippen LogP contribution in [0.3, 0.4) is 0 Å². The van der Waals surface area contributed by atoms with E-state index < -0.39 is 0 Å². The normalized spacial score (nSPS) is 10.5. The van der Waals surface area contributed by atoms with Crippen molar-refractivity contribution in [2.45, 2.75) is 13.1 Å². The molecule has 0 amide bonds. The highest BCUT2D eigenvalue weighted by Crippen LogP contribution is 2.19. The molecular formula is C15H18FN3. The summed E-state index contributed by atoms with van der Waals surface area (Å²) in [6.07, 6.45) is 3.57. The van der Waals surface area contributed by atoms with E-state index in [0.717, 1.165) is 16.8 Å². The van der Waals surface area contributed by atoms with Gasteiger partial charge in [0.2, 0.25) is 0 Å². The summed E-state index contributed by atoms with van der Waals surface area (Å²) in [6.45, 7) is 1.36. The molecule has 0 fully saturated rings. The maximum atomic E-state index is 13.6. The molecule has 2 aromatic rings. The summed E-state index contributed by atoms with van der Waals surface area (Å²) in [5.41, 5.74) is 2.91. The van der Waals surface area contributed by atoms with Crippen molar-refractivity contribution in [2.24, 2.45) is 0 Å². The van der Waals surface area contributed by atoms with Crippen molar-refractivity contribution in [3.63, 3.8) is 0 Å². The van der Waals surface area contributed by atoms with E-state index in [4.69, 9.17) is 0 Å². The summed E-state index contributed by atoms with van der Waals surface area (Å²) < 4.78 is 13.6. The predicted octanol–water partition coefficient (Wildman–Crippen LogP) is 2.58. The van der Waals surface area contributed by atoms with Crippen molar-refractivity contribution in [2.75, 3.05) is 19.0 Å². The Labute approximate surface area is 113 Å². The van der Waals surface area contributed by atoms with Gasteiger partial charge in [-0.05, 0) is 42.4 Å². The highest BCUT2D eigenvalue weighted by Gasteiger charge is 2.06. The number of nitrogens with one attached hydrogen (secondary N) is 1.